The molecule has 0 aliphatic carbocycles. The van der Waals surface area contributed by atoms with Gasteiger partial charge in [0.15, 0.2) is 0 Å². The molecule has 5 heteroatoms. The molecule has 0 aliphatic heterocycles. The highest BCUT2D eigenvalue weighted by Gasteiger charge is 2.07. The summed E-state index contributed by atoms with van der Waals surface area (Å²) >= 11 is 0. The molecule has 0 aromatic carbocycles. The zero-order valence-electron chi connectivity index (χ0n) is 9.00. The second-order valence-electron chi connectivity index (χ2n) is 3.15. The van der Waals surface area contributed by atoms with Gasteiger partial charge in [-0.25, -0.2) is 5.01 Å². The van der Waals surface area contributed by atoms with Gasteiger partial charge in [0.05, 0.1) is 13.0 Å². The molecule has 14 heavy (non-hydrogen) atoms. The molecule has 0 spiro atoms. The van der Waals surface area contributed by atoms with Crippen molar-refractivity contribution in [2.75, 3.05) is 20.7 Å². The molecule has 0 bridgehead atoms. The standard InChI is InChI=1S/C9H18N2O3/c1-4-7-14-9(13)6-5-8(12)10-11(2)3/h4-7H2,1-3H3,(H,10,12). The van der Waals surface area contributed by atoms with E-state index in [2.05, 4.69) is 5.43 Å². The number of rotatable bonds is 6. The molecular formula is C9H18N2O3. The Morgan fingerprint density at radius 1 is 1.29 bits per heavy atom. The van der Waals surface area contributed by atoms with E-state index >= 15 is 0 Å². The summed E-state index contributed by atoms with van der Waals surface area (Å²) in [5, 5.41) is 1.54. The van der Waals surface area contributed by atoms with Crippen LogP contribution in [-0.2, 0) is 14.3 Å². The zero-order chi connectivity index (χ0) is 11.0. The maximum atomic E-state index is 11.1. The third kappa shape index (κ3) is 7.54. The van der Waals surface area contributed by atoms with E-state index in [1.807, 2.05) is 6.92 Å². The maximum absolute atomic E-state index is 11.1. The fourth-order valence-electron chi connectivity index (χ4n) is 0.809. The van der Waals surface area contributed by atoms with Crippen LogP contribution < -0.4 is 5.43 Å². The van der Waals surface area contributed by atoms with E-state index in [-0.39, 0.29) is 24.7 Å². The molecule has 0 atom stereocenters. The second-order valence-corrected chi connectivity index (χ2v) is 3.15. The lowest BCUT2D eigenvalue weighted by Gasteiger charge is -2.11. The highest BCUT2D eigenvalue weighted by molar-refractivity contribution is 5.80. The Morgan fingerprint density at radius 2 is 1.93 bits per heavy atom. The number of hydrogen-bond acceptors (Lipinski definition) is 4. The molecule has 0 rings (SSSR count). The molecule has 1 amide bonds. The van der Waals surface area contributed by atoms with Gasteiger partial charge < -0.3 is 4.74 Å². The van der Waals surface area contributed by atoms with Gasteiger partial charge in [-0.3, -0.25) is 15.0 Å². The number of nitrogens with zero attached hydrogens (tertiary/aromatic N) is 1. The summed E-state index contributed by atoms with van der Waals surface area (Å²) in [4.78, 5) is 22.0. The molecule has 0 aromatic heterocycles. The zero-order valence-corrected chi connectivity index (χ0v) is 9.00. The Hall–Kier alpha value is -1.10. The Labute approximate surface area is 84.4 Å². The molecule has 82 valence electrons. The molecule has 0 saturated carbocycles. The van der Waals surface area contributed by atoms with Crippen molar-refractivity contribution in [3.05, 3.63) is 0 Å². The molecule has 0 aliphatic rings. The SMILES string of the molecule is CCCOC(=O)CCC(=O)NN(C)C. The summed E-state index contributed by atoms with van der Waals surface area (Å²) < 4.78 is 4.81. The number of hydrazine groups is 1. The third-order valence-electron chi connectivity index (χ3n) is 1.37. The number of esters is 1. The van der Waals surface area contributed by atoms with Crippen molar-refractivity contribution in [1.29, 1.82) is 0 Å². The lowest BCUT2D eigenvalue weighted by Crippen LogP contribution is -2.36. The average molecular weight is 202 g/mol. The number of carbonyl (C=O) groups excluding carboxylic acids is 2. The highest BCUT2D eigenvalue weighted by atomic mass is 16.5. The van der Waals surface area contributed by atoms with Crippen LogP contribution in [0.5, 0.6) is 0 Å². The van der Waals surface area contributed by atoms with Crippen LogP contribution in [0.15, 0.2) is 0 Å². The monoisotopic (exact) mass is 202 g/mol. The van der Waals surface area contributed by atoms with E-state index in [1.165, 1.54) is 0 Å². The van der Waals surface area contributed by atoms with Gasteiger partial charge in [0.1, 0.15) is 0 Å². The van der Waals surface area contributed by atoms with Gasteiger partial charge in [0.2, 0.25) is 5.91 Å². The number of hydrogen-bond donors (Lipinski definition) is 1. The number of carbonyl (C=O) groups is 2. The van der Waals surface area contributed by atoms with E-state index in [0.717, 1.165) is 6.42 Å². The van der Waals surface area contributed by atoms with Crippen LogP contribution in [0.25, 0.3) is 0 Å². The van der Waals surface area contributed by atoms with Gasteiger partial charge in [0.25, 0.3) is 0 Å². The van der Waals surface area contributed by atoms with Crippen molar-refractivity contribution < 1.29 is 14.3 Å². The summed E-state index contributed by atoms with van der Waals surface area (Å²) in [7, 11) is 3.43. The van der Waals surface area contributed by atoms with Crippen LogP contribution >= 0.6 is 0 Å². The molecular weight excluding hydrogens is 184 g/mol. The second kappa shape index (κ2) is 7.32. The van der Waals surface area contributed by atoms with Crippen molar-refractivity contribution in [2.45, 2.75) is 26.2 Å². The molecule has 0 fully saturated rings. The first-order valence-corrected chi connectivity index (χ1v) is 4.68. The van der Waals surface area contributed by atoms with Gasteiger partial charge in [-0.05, 0) is 6.42 Å². The number of amides is 1. The van der Waals surface area contributed by atoms with Gasteiger partial charge in [-0.2, -0.15) is 0 Å². The van der Waals surface area contributed by atoms with Gasteiger partial charge in [-0.15, -0.1) is 0 Å². The molecule has 0 radical (unpaired) electrons. The summed E-state index contributed by atoms with van der Waals surface area (Å²) in [6, 6.07) is 0. The van der Waals surface area contributed by atoms with E-state index < -0.39 is 0 Å². The molecule has 1 N–H and O–H groups in total. The summed E-state index contributed by atoms with van der Waals surface area (Å²) in [6.45, 7) is 2.35. The number of ether oxygens (including phenoxy) is 1. The highest BCUT2D eigenvalue weighted by Crippen LogP contribution is 1.94. The lowest BCUT2D eigenvalue weighted by atomic mass is 10.3. The van der Waals surface area contributed by atoms with Crippen LogP contribution in [-0.4, -0.2) is 37.6 Å². The predicted octanol–water partition coefficient (Wildman–Crippen LogP) is 0.313. The van der Waals surface area contributed by atoms with E-state index in [9.17, 15) is 9.59 Å². The van der Waals surface area contributed by atoms with Crippen LogP contribution in [0.3, 0.4) is 0 Å². The smallest absolute Gasteiger partial charge is 0.306 e. The molecule has 5 nitrogen and oxygen atoms in total. The van der Waals surface area contributed by atoms with Gasteiger partial charge in [-0.1, -0.05) is 6.92 Å². The normalized spacial score (nSPS) is 10.0. The van der Waals surface area contributed by atoms with E-state index in [0.29, 0.717) is 6.61 Å². The van der Waals surface area contributed by atoms with Gasteiger partial charge in [0, 0.05) is 20.5 Å². The Kier molecular flexibility index (Phi) is 6.74. The average Bonchev–Trinajstić information content (AvgIpc) is 2.10. The predicted molar refractivity (Wildman–Crippen MR) is 52.3 cm³/mol. The van der Waals surface area contributed by atoms with Crippen LogP contribution in [0, 0.1) is 0 Å². The minimum absolute atomic E-state index is 0.139. The minimum Gasteiger partial charge on any atom is -0.466 e. The van der Waals surface area contributed by atoms with E-state index in [1.54, 1.807) is 19.1 Å². The first kappa shape index (κ1) is 12.9. The summed E-state index contributed by atoms with van der Waals surface area (Å²) in [6.07, 6.45) is 1.11. The van der Waals surface area contributed by atoms with E-state index in [4.69, 9.17) is 4.74 Å². The molecule has 0 heterocycles. The first-order valence-electron chi connectivity index (χ1n) is 4.68. The largest absolute Gasteiger partial charge is 0.466 e. The first-order chi connectivity index (χ1) is 6.56. The van der Waals surface area contributed by atoms with Gasteiger partial charge >= 0.3 is 5.97 Å². The topological polar surface area (TPSA) is 58.6 Å². The minimum atomic E-state index is -0.319. The van der Waals surface area contributed by atoms with Crippen LogP contribution in [0.1, 0.15) is 26.2 Å². The molecule has 0 saturated heterocycles. The molecule has 0 aromatic rings. The van der Waals surface area contributed by atoms with Crippen LogP contribution in [0.2, 0.25) is 0 Å². The Morgan fingerprint density at radius 3 is 2.43 bits per heavy atom. The third-order valence-corrected chi connectivity index (χ3v) is 1.37. The Bertz CT molecular complexity index is 192. The van der Waals surface area contributed by atoms with Crippen molar-refractivity contribution in [2.24, 2.45) is 0 Å². The molecule has 0 unspecified atom stereocenters. The van der Waals surface area contributed by atoms with Crippen molar-refractivity contribution in [3.8, 4) is 0 Å². The quantitative estimate of drug-likeness (QED) is 0.497. The van der Waals surface area contributed by atoms with Crippen LogP contribution in [0.4, 0.5) is 0 Å². The van der Waals surface area contributed by atoms with Crippen molar-refractivity contribution in [1.82, 2.24) is 10.4 Å². The fourth-order valence-corrected chi connectivity index (χ4v) is 0.809. The summed E-state index contributed by atoms with van der Waals surface area (Å²) in [5.74, 6) is -0.496. The van der Waals surface area contributed by atoms with Crippen molar-refractivity contribution in [3.63, 3.8) is 0 Å². The van der Waals surface area contributed by atoms with Crippen molar-refractivity contribution >= 4 is 11.9 Å². The number of nitrogens with one attached hydrogen (secondary N) is 1. The fraction of sp³-hybridized carbons (Fsp3) is 0.778. The summed E-state index contributed by atoms with van der Waals surface area (Å²) in [5.41, 5.74) is 2.54. The Balaban J connectivity index is 3.51. The lowest BCUT2D eigenvalue weighted by molar-refractivity contribution is -0.145. The maximum Gasteiger partial charge on any atom is 0.306 e.